The van der Waals surface area contributed by atoms with Gasteiger partial charge in [0.25, 0.3) is 0 Å². The van der Waals surface area contributed by atoms with Crippen LogP contribution in [0.25, 0.3) is 0 Å². The maximum absolute atomic E-state index is 11.0. The molecule has 0 rings (SSSR count). The Morgan fingerprint density at radius 3 is 2.59 bits per heavy atom. The van der Waals surface area contributed by atoms with Gasteiger partial charge < -0.3 is 15.3 Å². The summed E-state index contributed by atoms with van der Waals surface area (Å²) in [5.74, 6) is -1.14. The minimum absolute atomic E-state index is 0.475. The van der Waals surface area contributed by atoms with E-state index in [0.29, 0.717) is 12.6 Å². The molecule has 0 aliphatic carbocycles. The van der Waals surface area contributed by atoms with E-state index in [9.17, 15) is 9.59 Å². The van der Waals surface area contributed by atoms with Gasteiger partial charge in [-0.2, -0.15) is 0 Å². The molecule has 0 radical (unpaired) electrons. The van der Waals surface area contributed by atoms with Crippen LogP contribution in [0.2, 0.25) is 0 Å². The summed E-state index contributed by atoms with van der Waals surface area (Å²) in [6, 6.07) is -0.0545. The Hall–Kier alpha value is -1.34. The Bertz CT molecular complexity index is 246. The molecule has 0 bridgehead atoms. The summed E-state index contributed by atoms with van der Waals surface area (Å²) in [7, 11) is 2.01. The molecular formula is C10H21N3O4. The first-order valence-electron chi connectivity index (χ1n) is 5.51. The Morgan fingerprint density at radius 2 is 2.06 bits per heavy atom. The summed E-state index contributed by atoms with van der Waals surface area (Å²) >= 11 is 0. The molecule has 0 saturated heterocycles. The number of carboxylic acid groups (broad SMARTS) is 1. The fraction of sp³-hybridized carbons (Fsp3) is 0.800. The molecule has 0 spiro atoms. The standard InChI is InChI=1S/C10H21N3O4/c1-8(2)13(3)6-4-5-11-10(16)12-17-7-9(14)15/h8H,4-7H2,1-3H3,(H,14,15)(H2,11,12,16). The number of hydroxylamine groups is 1. The fourth-order valence-corrected chi connectivity index (χ4v) is 0.988. The van der Waals surface area contributed by atoms with E-state index in [1.807, 2.05) is 12.5 Å². The number of nitrogens with zero attached hydrogens (tertiary/aromatic N) is 1. The zero-order valence-electron chi connectivity index (χ0n) is 10.5. The van der Waals surface area contributed by atoms with Crippen LogP contribution in [0.4, 0.5) is 4.79 Å². The second-order valence-corrected chi connectivity index (χ2v) is 3.97. The third-order valence-electron chi connectivity index (χ3n) is 2.22. The lowest BCUT2D eigenvalue weighted by molar-refractivity contribution is -0.144. The van der Waals surface area contributed by atoms with Gasteiger partial charge in [-0.25, -0.2) is 15.1 Å². The summed E-state index contributed by atoms with van der Waals surface area (Å²) in [4.78, 5) is 27.7. The van der Waals surface area contributed by atoms with Gasteiger partial charge in [0.15, 0.2) is 6.61 Å². The van der Waals surface area contributed by atoms with Gasteiger partial charge in [-0.1, -0.05) is 0 Å². The number of amides is 2. The van der Waals surface area contributed by atoms with Gasteiger partial charge in [0.05, 0.1) is 0 Å². The molecule has 0 unspecified atom stereocenters. The van der Waals surface area contributed by atoms with Gasteiger partial charge in [0, 0.05) is 12.6 Å². The molecule has 0 aliphatic heterocycles. The average Bonchev–Trinajstić information content (AvgIpc) is 2.23. The van der Waals surface area contributed by atoms with E-state index >= 15 is 0 Å². The van der Waals surface area contributed by atoms with Crippen molar-refractivity contribution in [1.82, 2.24) is 15.7 Å². The SMILES string of the molecule is CC(C)N(C)CCCNC(=O)NOCC(=O)O. The largest absolute Gasteiger partial charge is 0.479 e. The molecule has 0 aromatic heterocycles. The topological polar surface area (TPSA) is 90.9 Å². The maximum atomic E-state index is 11.0. The predicted octanol–water partition coefficient (Wildman–Crippen LogP) is 0.0321. The summed E-state index contributed by atoms with van der Waals surface area (Å²) in [5.41, 5.74) is 1.98. The van der Waals surface area contributed by atoms with Crippen LogP contribution in [-0.4, -0.2) is 54.8 Å². The molecule has 0 aliphatic rings. The second-order valence-electron chi connectivity index (χ2n) is 3.97. The van der Waals surface area contributed by atoms with Crippen molar-refractivity contribution in [3.05, 3.63) is 0 Å². The van der Waals surface area contributed by atoms with E-state index < -0.39 is 18.6 Å². The third kappa shape index (κ3) is 9.58. The van der Waals surface area contributed by atoms with Crippen LogP contribution in [0.15, 0.2) is 0 Å². The van der Waals surface area contributed by atoms with Crippen molar-refractivity contribution in [3.63, 3.8) is 0 Å². The monoisotopic (exact) mass is 247 g/mol. The van der Waals surface area contributed by atoms with Crippen molar-refractivity contribution in [2.45, 2.75) is 26.3 Å². The van der Waals surface area contributed by atoms with Crippen molar-refractivity contribution in [2.24, 2.45) is 0 Å². The molecule has 0 aromatic rings. The number of rotatable bonds is 8. The van der Waals surface area contributed by atoms with E-state index in [4.69, 9.17) is 5.11 Å². The zero-order valence-corrected chi connectivity index (χ0v) is 10.5. The minimum Gasteiger partial charge on any atom is -0.479 e. The smallest absolute Gasteiger partial charge is 0.338 e. The zero-order chi connectivity index (χ0) is 13.3. The summed E-state index contributed by atoms with van der Waals surface area (Å²) in [6.45, 7) is 5.04. The molecule has 0 fully saturated rings. The van der Waals surface area contributed by atoms with E-state index in [2.05, 4.69) is 28.9 Å². The normalized spacial score (nSPS) is 10.6. The van der Waals surface area contributed by atoms with E-state index in [1.54, 1.807) is 0 Å². The maximum Gasteiger partial charge on any atom is 0.338 e. The molecule has 7 nitrogen and oxygen atoms in total. The second kappa shape index (κ2) is 8.77. The average molecular weight is 247 g/mol. The molecule has 0 atom stereocenters. The lowest BCUT2D eigenvalue weighted by Crippen LogP contribution is -2.38. The van der Waals surface area contributed by atoms with Crippen molar-refractivity contribution < 1.29 is 19.5 Å². The Morgan fingerprint density at radius 1 is 1.41 bits per heavy atom. The van der Waals surface area contributed by atoms with Crippen LogP contribution in [0.1, 0.15) is 20.3 Å². The summed E-state index contributed by atoms with van der Waals surface area (Å²) < 4.78 is 0. The molecule has 0 heterocycles. The lowest BCUT2D eigenvalue weighted by atomic mass is 10.3. The minimum atomic E-state index is -1.14. The number of carbonyl (C=O) groups excluding carboxylic acids is 1. The molecule has 2 amide bonds. The Labute approximate surface area is 101 Å². The lowest BCUT2D eigenvalue weighted by Gasteiger charge is -2.20. The molecule has 3 N–H and O–H groups in total. The molecule has 17 heavy (non-hydrogen) atoms. The Kier molecular flexibility index (Phi) is 8.08. The van der Waals surface area contributed by atoms with Crippen molar-refractivity contribution in [1.29, 1.82) is 0 Å². The first-order valence-corrected chi connectivity index (χ1v) is 5.51. The fourth-order valence-electron chi connectivity index (χ4n) is 0.988. The van der Waals surface area contributed by atoms with Gasteiger partial charge >= 0.3 is 12.0 Å². The van der Waals surface area contributed by atoms with Gasteiger partial charge in [0.2, 0.25) is 0 Å². The van der Waals surface area contributed by atoms with Gasteiger partial charge in [-0.3, -0.25) is 4.84 Å². The molecule has 100 valence electrons. The molecule has 0 saturated carbocycles. The van der Waals surface area contributed by atoms with Gasteiger partial charge in [-0.15, -0.1) is 0 Å². The highest BCUT2D eigenvalue weighted by Gasteiger charge is 2.04. The van der Waals surface area contributed by atoms with Crippen LogP contribution in [0.5, 0.6) is 0 Å². The first-order chi connectivity index (χ1) is 7.93. The van der Waals surface area contributed by atoms with Crippen LogP contribution in [-0.2, 0) is 9.63 Å². The van der Waals surface area contributed by atoms with E-state index in [0.717, 1.165) is 13.0 Å². The van der Waals surface area contributed by atoms with Crippen molar-refractivity contribution >= 4 is 12.0 Å². The van der Waals surface area contributed by atoms with Gasteiger partial charge in [0.1, 0.15) is 0 Å². The Balaban J connectivity index is 3.42. The van der Waals surface area contributed by atoms with Crippen LogP contribution < -0.4 is 10.8 Å². The van der Waals surface area contributed by atoms with Crippen molar-refractivity contribution in [3.8, 4) is 0 Å². The number of urea groups is 1. The van der Waals surface area contributed by atoms with E-state index in [-0.39, 0.29) is 0 Å². The van der Waals surface area contributed by atoms with Crippen LogP contribution >= 0.6 is 0 Å². The summed E-state index contributed by atoms with van der Waals surface area (Å²) in [6.07, 6.45) is 0.820. The van der Waals surface area contributed by atoms with Crippen LogP contribution in [0.3, 0.4) is 0 Å². The number of carbonyl (C=O) groups is 2. The first kappa shape index (κ1) is 15.7. The van der Waals surface area contributed by atoms with Gasteiger partial charge in [-0.05, 0) is 33.9 Å². The number of aliphatic carboxylic acids is 1. The third-order valence-corrected chi connectivity index (χ3v) is 2.22. The highest BCUT2D eigenvalue weighted by molar-refractivity contribution is 5.73. The molecular weight excluding hydrogens is 226 g/mol. The number of hydrogen-bond donors (Lipinski definition) is 3. The molecule has 0 aromatic carbocycles. The number of nitrogens with one attached hydrogen (secondary N) is 2. The van der Waals surface area contributed by atoms with E-state index in [1.165, 1.54) is 0 Å². The number of hydrogen-bond acceptors (Lipinski definition) is 4. The quantitative estimate of drug-likeness (QED) is 0.416. The number of carboxylic acids is 1. The summed E-state index contributed by atoms with van der Waals surface area (Å²) in [5, 5.41) is 10.8. The molecule has 7 heteroatoms. The predicted molar refractivity (Wildman–Crippen MR) is 62.5 cm³/mol. The highest BCUT2D eigenvalue weighted by Crippen LogP contribution is 1.93. The van der Waals surface area contributed by atoms with Crippen LogP contribution in [0, 0.1) is 0 Å². The highest BCUT2D eigenvalue weighted by atomic mass is 16.7. The van der Waals surface area contributed by atoms with Crippen molar-refractivity contribution in [2.75, 3.05) is 26.7 Å².